The summed E-state index contributed by atoms with van der Waals surface area (Å²) in [4.78, 5) is 13.4. The third kappa shape index (κ3) is 5.30. The summed E-state index contributed by atoms with van der Waals surface area (Å²) < 4.78 is 60.0. The van der Waals surface area contributed by atoms with E-state index in [1.807, 2.05) is 0 Å². The van der Waals surface area contributed by atoms with Gasteiger partial charge in [-0.25, -0.2) is 4.39 Å². The summed E-state index contributed by atoms with van der Waals surface area (Å²) in [6.07, 6.45) is -4.73. The van der Waals surface area contributed by atoms with Crippen molar-refractivity contribution in [2.45, 2.75) is 12.7 Å². The molecule has 8 heteroatoms. The molecule has 0 atom stereocenters. The van der Waals surface area contributed by atoms with Gasteiger partial charge in [-0.15, -0.1) is 11.6 Å². The van der Waals surface area contributed by atoms with E-state index in [2.05, 4.69) is 0 Å². The third-order valence-electron chi connectivity index (χ3n) is 4.20. The molecule has 30 heavy (non-hydrogen) atoms. The van der Waals surface area contributed by atoms with Crippen LogP contribution in [0.5, 0.6) is 11.5 Å². The molecule has 3 aromatic carbocycles. The van der Waals surface area contributed by atoms with E-state index >= 15 is 0 Å². The molecule has 0 aromatic heterocycles. The van der Waals surface area contributed by atoms with Crippen molar-refractivity contribution in [2.24, 2.45) is 0 Å². The van der Waals surface area contributed by atoms with E-state index < -0.39 is 35.1 Å². The zero-order valence-corrected chi connectivity index (χ0v) is 16.3. The van der Waals surface area contributed by atoms with Crippen LogP contribution in [0.15, 0.2) is 72.8 Å². The molecule has 0 heterocycles. The highest BCUT2D eigenvalue weighted by molar-refractivity contribution is 6.29. The van der Waals surface area contributed by atoms with Crippen molar-refractivity contribution < 1.29 is 27.1 Å². The Morgan fingerprint density at radius 3 is 2.33 bits per heavy atom. The van der Waals surface area contributed by atoms with E-state index in [-0.39, 0.29) is 18.0 Å². The number of anilines is 1. The quantitative estimate of drug-likeness (QED) is 0.329. The Kier molecular flexibility index (Phi) is 6.62. The van der Waals surface area contributed by atoms with Crippen molar-refractivity contribution in [1.82, 2.24) is 0 Å². The predicted octanol–water partition coefficient (Wildman–Crippen LogP) is 6.41. The Labute approximate surface area is 175 Å². The molecule has 0 bridgehead atoms. The lowest BCUT2D eigenvalue weighted by atomic mass is 10.1. The Morgan fingerprint density at radius 1 is 0.967 bits per heavy atom. The van der Waals surface area contributed by atoms with Crippen molar-refractivity contribution in [3.8, 4) is 11.5 Å². The number of hydrogen-bond donors (Lipinski definition) is 0. The van der Waals surface area contributed by atoms with Gasteiger partial charge in [-0.2, -0.15) is 13.2 Å². The largest absolute Gasteiger partial charge is 0.457 e. The second-order valence-electron chi connectivity index (χ2n) is 6.34. The van der Waals surface area contributed by atoms with Crippen molar-refractivity contribution >= 4 is 23.2 Å². The van der Waals surface area contributed by atoms with Crippen molar-refractivity contribution in [3.05, 3.63) is 89.7 Å². The van der Waals surface area contributed by atoms with Crippen LogP contribution in [-0.2, 0) is 17.5 Å². The van der Waals surface area contributed by atoms with Crippen LogP contribution >= 0.6 is 11.6 Å². The monoisotopic (exact) mass is 437 g/mol. The summed E-state index contributed by atoms with van der Waals surface area (Å²) >= 11 is 5.65. The van der Waals surface area contributed by atoms with Crippen LogP contribution in [0, 0.1) is 5.82 Å². The average molecular weight is 438 g/mol. The van der Waals surface area contributed by atoms with E-state index in [4.69, 9.17) is 16.3 Å². The highest BCUT2D eigenvalue weighted by Gasteiger charge is 2.35. The van der Waals surface area contributed by atoms with Crippen molar-refractivity contribution in [3.63, 3.8) is 0 Å². The van der Waals surface area contributed by atoms with Gasteiger partial charge in [0.25, 0.3) is 0 Å². The Balaban J connectivity index is 2.00. The normalized spacial score (nSPS) is 11.2. The van der Waals surface area contributed by atoms with Gasteiger partial charge in [-0.1, -0.05) is 30.3 Å². The lowest BCUT2D eigenvalue weighted by Crippen LogP contribution is -2.31. The minimum absolute atomic E-state index is 0.0300. The van der Waals surface area contributed by atoms with Gasteiger partial charge in [0.15, 0.2) is 0 Å². The molecule has 0 radical (unpaired) electrons. The Hall–Kier alpha value is -3.06. The van der Waals surface area contributed by atoms with E-state index in [0.717, 1.165) is 17.0 Å². The van der Waals surface area contributed by atoms with Crippen LogP contribution in [0.1, 0.15) is 11.1 Å². The van der Waals surface area contributed by atoms with Gasteiger partial charge in [0, 0.05) is 5.69 Å². The summed E-state index contributed by atoms with van der Waals surface area (Å²) in [6, 6.07) is 16.8. The highest BCUT2D eigenvalue weighted by atomic mass is 35.5. The predicted molar refractivity (Wildman–Crippen MR) is 106 cm³/mol. The maximum absolute atomic E-state index is 13.7. The first kappa shape index (κ1) is 21.6. The van der Waals surface area contributed by atoms with E-state index in [0.29, 0.717) is 5.56 Å². The Morgan fingerprint density at radius 2 is 1.70 bits per heavy atom. The van der Waals surface area contributed by atoms with Crippen molar-refractivity contribution in [1.29, 1.82) is 0 Å². The summed E-state index contributed by atoms with van der Waals surface area (Å²) in [5.74, 6) is -1.75. The number of nitrogens with zero attached hydrogens (tertiary/aromatic N) is 1. The second-order valence-corrected chi connectivity index (χ2v) is 6.60. The van der Waals surface area contributed by atoms with E-state index in [1.165, 1.54) is 36.4 Å². The van der Waals surface area contributed by atoms with Crippen LogP contribution in [0.25, 0.3) is 0 Å². The van der Waals surface area contributed by atoms with Crippen LogP contribution in [-0.4, -0.2) is 11.8 Å². The Bertz CT molecular complexity index is 1030. The first-order valence-corrected chi connectivity index (χ1v) is 9.36. The molecule has 0 aliphatic rings. The van der Waals surface area contributed by atoms with E-state index in [9.17, 15) is 22.4 Å². The number of benzene rings is 3. The number of rotatable bonds is 6. The minimum Gasteiger partial charge on any atom is -0.457 e. The van der Waals surface area contributed by atoms with Crippen LogP contribution in [0.2, 0.25) is 0 Å². The summed E-state index contributed by atoms with van der Waals surface area (Å²) in [6.45, 7) is -0.139. The highest BCUT2D eigenvalue weighted by Crippen LogP contribution is 2.40. The molecule has 0 saturated heterocycles. The summed E-state index contributed by atoms with van der Waals surface area (Å²) in [5, 5.41) is 0. The van der Waals surface area contributed by atoms with Crippen LogP contribution in [0.3, 0.4) is 0 Å². The molecule has 0 aliphatic heterocycles. The number of alkyl halides is 4. The van der Waals surface area contributed by atoms with Crippen LogP contribution < -0.4 is 9.64 Å². The first-order chi connectivity index (χ1) is 14.3. The molecule has 3 aromatic rings. The molecule has 0 fully saturated rings. The van der Waals surface area contributed by atoms with Gasteiger partial charge in [0.1, 0.15) is 28.8 Å². The van der Waals surface area contributed by atoms with Crippen molar-refractivity contribution in [2.75, 3.05) is 10.8 Å². The third-order valence-corrected chi connectivity index (χ3v) is 4.42. The standard InChI is InChI=1S/C22H16ClF4NO2/c23-13-21(29)28(14-15-5-4-6-16(24)11-15)17-9-10-20(19(12-17)22(25,26)27)30-18-7-2-1-3-8-18/h1-12H,13-14H2. The fraction of sp³-hybridized carbons (Fsp3) is 0.136. The summed E-state index contributed by atoms with van der Waals surface area (Å²) in [5.41, 5.74) is -0.667. The number of ether oxygens (including phenoxy) is 1. The van der Waals surface area contributed by atoms with Gasteiger partial charge in [-0.3, -0.25) is 4.79 Å². The molecular weight excluding hydrogens is 422 g/mol. The molecule has 0 aliphatic carbocycles. The zero-order valence-electron chi connectivity index (χ0n) is 15.5. The summed E-state index contributed by atoms with van der Waals surface area (Å²) in [7, 11) is 0. The molecule has 156 valence electrons. The molecule has 0 unspecified atom stereocenters. The first-order valence-electron chi connectivity index (χ1n) is 8.83. The minimum atomic E-state index is -4.73. The topological polar surface area (TPSA) is 29.5 Å². The number of carbonyl (C=O) groups excluding carboxylic acids is 1. The maximum atomic E-state index is 13.7. The van der Waals surface area contributed by atoms with Gasteiger partial charge in [0.2, 0.25) is 5.91 Å². The lowest BCUT2D eigenvalue weighted by Gasteiger charge is -2.24. The average Bonchev–Trinajstić information content (AvgIpc) is 2.72. The maximum Gasteiger partial charge on any atom is 0.420 e. The zero-order chi connectivity index (χ0) is 21.7. The fourth-order valence-electron chi connectivity index (χ4n) is 2.83. The van der Waals surface area contributed by atoms with Gasteiger partial charge < -0.3 is 9.64 Å². The number of carbonyl (C=O) groups is 1. The molecule has 0 saturated carbocycles. The molecule has 3 rings (SSSR count). The molecular formula is C22H16ClF4NO2. The molecule has 3 nitrogen and oxygen atoms in total. The fourth-order valence-corrected chi connectivity index (χ4v) is 2.97. The van der Waals surface area contributed by atoms with Gasteiger partial charge >= 0.3 is 6.18 Å². The molecule has 1 amide bonds. The second kappa shape index (κ2) is 9.17. The molecule has 0 spiro atoms. The molecule has 0 N–H and O–H groups in total. The van der Waals surface area contributed by atoms with Gasteiger partial charge in [-0.05, 0) is 48.0 Å². The number of para-hydroxylation sites is 1. The number of halogens is 5. The van der Waals surface area contributed by atoms with Gasteiger partial charge in [0.05, 0.1) is 6.54 Å². The lowest BCUT2D eigenvalue weighted by molar-refractivity contribution is -0.138. The SMILES string of the molecule is O=C(CCl)N(Cc1cccc(F)c1)c1ccc(Oc2ccccc2)c(C(F)(F)F)c1. The van der Waals surface area contributed by atoms with E-state index in [1.54, 1.807) is 24.3 Å². The number of hydrogen-bond acceptors (Lipinski definition) is 2. The smallest absolute Gasteiger partial charge is 0.420 e. The number of amides is 1. The van der Waals surface area contributed by atoms with Crippen LogP contribution in [0.4, 0.5) is 23.2 Å².